The third-order valence-corrected chi connectivity index (χ3v) is 6.45. The highest BCUT2D eigenvalue weighted by atomic mass is 35.5. The van der Waals surface area contributed by atoms with E-state index in [9.17, 15) is 0 Å². The summed E-state index contributed by atoms with van der Waals surface area (Å²) in [6.45, 7) is 8.96. The number of halogens is 1. The molecule has 4 rings (SSSR count). The standard InChI is InChI=1S/C27H34ClN3O/c1-3-5-15-30(19-21-12-13-25-23(18-21)14-17-32-25)20-24-26(28)29-27(31(24)16-6-4-2)22-10-8-7-9-11-22/h7-13,18H,3-6,14-17,19-20H2,1-2H3. The minimum absolute atomic E-state index is 0.629. The second-order valence-corrected chi connectivity index (χ2v) is 9.01. The Balaban J connectivity index is 1.61. The highest BCUT2D eigenvalue weighted by Gasteiger charge is 2.20. The number of rotatable bonds is 11. The molecule has 0 saturated heterocycles. The van der Waals surface area contributed by atoms with Crippen LogP contribution in [0.25, 0.3) is 11.4 Å². The highest BCUT2D eigenvalue weighted by molar-refractivity contribution is 6.30. The van der Waals surface area contributed by atoms with Crippen molar-refractivity contribution in [1.29, 1.82) is 0 Å². The number of aromatic nitrogens is 2. The Morgan fingerprint density at radius 2 is 1.84 bits per heavy atom. The highest BCUT2D eigenvalue weighted by Crippen LogP contribution is 2.29. The van der Waals surface area contributed by atoms with E-state index < -0.39 is 0 Å². The van der Waals surface area contributed by atoms with Crippen LogP contribution in [-0.4, -0.2) is 27.6 Å². The first-order valence-corrected chi connectivity index (χ1v) is 12.3. The maximum absolute atomic E-state index is 6.76. The topological polar surface area (TPSA) is 30.3 Å². The normalized spacial score (nSPS) is 12.9. The summed E-state index contributed by atoms with van der Waals surface area (Å²) in [5.41, 5.74) is 4.91. The quantitative estimate of drug-likeness (QED) is 0.323. The number of hydrogen-bond acceptors (Lipinski definition) is 3. The van der Waals surface area contributed by atoms with E-state index in [0.29, 0.717) is 5.15 Å². The molecule has 0 fully saturated rings. The van der Waals surface area contributed by atoms with Gasteiger partial charge in [-0.05, 0) is 36.6 Å². The first-order valence-electron chi connectivity index (χ1n) is 12.0. The van der Waals surface area contributed by atoms with Crippen molar-refractivity contribution in [1.82, 2.24) is 14.5 Å². The molecule has 0 saturated carbocycles. The van der Waals surface area contributed by atoms with Gasteiger partial charge in [-0.15, -0.1) is 0 Å². The van der Waals surface area contributed by atoms with Gasteiger partial charge >= 0.3 is 0 Å². The van der Waals surface area contributed by atoms with Crippen molar-refractivity contribution in [2.75, 3.05) is 13.2 Å². The van der Waals surface area contributed by atoms with Crippen molar-refractivity contribution >= 4 is 11.6 Å². The third kappa shape index (κ3) is 5.36. The van der Waals surface area contributed by atoms with Gasteiger partial charge in [0.2, 0.25) is 0 Å². The molecule has 3 aromatic rings. The minimum Gasteiger partial charge on any atom is -0.493 e. The average molecular weight is 452 g/mol. The van der Waals surface area contributed by atoms with Crippen molar-refractivity contribution in [3.8, 4) is 17.1 Å². The largest absolute Gasteiger partial charge is 0.493 e. The summed E-state index contributed by atoms with van der Waals surface area (Å²) in [6.07, 6.45) is 5.60. The molecule has 32 heavy (non-hydrogen) atoms. The summed E-state index contributed by atoms with van der Waals surface area (Å²) in [6, 6.07) is 17.0. The molecule has 1 aromatic heterocycles. The summed E-state index contributed by atoms with van der Waals surface area (Å²) in [7, 11) is 0. The lowest BCUT2D eigenvalue weighted by Crippen LogP contribution is -2.26. The van der Waals surface area contributed by atoms with Crippen molar-refractivity contribution in [3.63, 3.8) is 0 Å². The Kier molecular flexibility index (Phi) is 7.88. The Hall–Kier alpha value is -2.30. The lowest BCUT2D eigenvalue weighted by molar-refractivity contribution is 0.246. The Labute approximate surface area is 197 Å². The fourth-order valence-electron chi connectivity index (χ4n) is 4.38. The van der Waals surface area contributed by atoms with Crippen LogP contribution in [0.3, 0.4) is 0 Å². The fourth-order valence-corrected chi connectivity index (χ4v) is 4.62. The van der Waals surface area contributed by atoms with Crippen LogP contribution in [0, 0.1) is 0 Å². The monoisotopic (exact) mass is 451 g/mol. The van der Waals surface area contributed by atoms with Crippen LogP contribution in [-0.2, 0) is 26.1 Å². The van der Waals surface area contributed by atoms with Crippen LogP contribution < -0.4 is 4.74 Å². The summed E-state index contributed by atoms with van der Waals surface area (Å²) in [5, 5.41) is 0.629. The van der Waals surface area contributed by atoms with Gasteiger partial charge < -0.3 is 9.30 Å². The molecule has 0 spiro atoms. The van der Waals surface area contributed by atoms with Crippen LogP contribution in [0.15, 0.2) is 48.5 Å². The molecule has 0 atom stereocenters. The van der Waals surface area contributed by atoms with E-state index in [1.165, 1.54) is 24.0 Å². The number of unbranched alkanes of at least 4 members (excludes halogenated alkanes) is 2. The molecule has 0 amide bonds. The summed E-state index contributed by atoms with van der Waals surface area (Å²) < 4.78 is 8.03. The fraction of sp³-hybridized carbons (Fsp3) is 0.444. The van der Waals surface area contributed by atoms with Crippen LogP contribution in [0.5, 0.6) is 5.75 Å². The number of imidazole rings is 1. The van der Waals surface area contributed by atoms with Crippen molar-refractivity contribution < 1.29 is 4.74 Å². The van der Waals surface area contributed by atoms with Crippen LogP contribution in [0.1, 0.15) is 56.4 Å². The van der Waals surface area contributed by atoms with E-state index in [1.54, 1.807) is 0 Å². The van der Waals surface area contributed by atoms with Gasteiger partial charge in [0.1, 0.15) is 11.6 Å². The van der Waals surface area contributed by atoms with Gasteiger partial charge in [0, 0.05) is 31.6 Å². The molecule has 4 nitrogen and oxygen atoms in total. The van der Waals surface area contributed by atoms with Gasteiger partial charge in [0.15, 0.2) is 5.15 Å². The molecule has 1 aliphatic rings. The van der Waals surface area contributed by atoms with E-state index in [2.05, 4.69) is 65.8 Å². The van der Waals surface area contributed by atoms with Crippen LogP contribution in [0.4, 0.5) is 0 Å². The lowest BCUT2D eigenvalue weighted by atomic mass is 10.1. The van der Waals surface area contributed by atoms with Gasteiger partial charge in [-0.2, -0.15) is 0 Å². The number of benzene rings is 2. The molecule has 0 aliphatic carbocycles. The van der Waals surface area contributed by atoms with Crippen molar-refractivity contribution in [2.24, 2.45) is 0 Å². The van der Waals surface area contributed by atoms with Gasteiger partial charge in [-0.3, -0.25) is 4.90 Å². The molecule has 2 aromatic carbocycles. The van der Waals surface area contributed by atoms with Gasteiger partial charge in [-0.25, -0.2) is 4.98 Å². The third-order valence-electron chi connectivity index (χ3n) is 6.15. The molecule has 0 N–H and O–H groups in total. The predicted molar refractivity (Wildman–Crippen MR) is 132 cm³/mol. The van der Waals surface area contributed by atoms with E-state index in [1.807, 2.05) is 6.07 Å². The van der Waals surface area contributed by atoms with E-state index in [4.69, 9.17) is 21.3 Å². The summed E-state index contributed by atoms with van der Waals surface area (Å²) >= 11 is 6.76. The number of hydrogen-bond donors (Lipinski definition) is 0. The Morgan fingerprint density at radius 3 is 2.62 bits per heavy atom. The predicted octanol–water partition coefficient (Wildman–Crippen LogP) is 6.74. The number of fused-ring (bicyclic) bond motifs is 1. The summed E-state index contributed by atoms with van der Waals surface area (Å²) in [4.78, 5) is 7.32. The first-order chi connectivity index (χ1) is 15.7. The number of ether oxygens (including phenoxy) is 1. The Bertz CT molecular complexity index is 1020. The molecule has 0 unspecified atom stereocenters. The maximum Gasteiger partial charge on any atom is 0.152 e. The van der Waals surface area contributed by atoms with Crippen LogP contribution in [0.2, 0.25) is 5.15 Å². The van der Waals surface area contributed by atoms with Crippen molar-refractivity contribution in [2.45, 2.75) is 65.6 Å². The molecule has 0 bridgehead atoms. The second-order valence-electron chi connectivity index (χ2n) is 8.65. The lowest BCUT2D eigenvalue weighted by Gasteiger charge is -2.24. The minimum atomic E-state index is 0.629. The van der Waals surface area contributed by atoms with E-state index >= 15 is 0 Å². The molecule has 170 valence electrons. The molecule has 0 radical (unpaired) electrons. The van der Waals surface area contributed by atoms with Gasteiger partial charge in [0.05, 0.1) is 12.3 Å². The molecule has 5 heteroatoms. The maximum atomic E-state index is 6.76. The van der Waals surface area contributed by atoms with E-state index in [-0.39, 0.29) is 0 Å². The molecular weight excluding hydrogens is 418 g/mol. The van der Waals surface area contributed by atoms with Gasteiger partial charge in [-0.1, -0.05) is 80.8 Å². The van der Waals surface area contributed by atoms with E-state index in [0.717, 1.165) is 74.9 Å². The zero-order chi connectivity index (χ0) is 22.3. The molecule has 2 heterocycles. The first kappa shape index (κ1) is 22.9. The SMILES string of the molecule is CCCCN(Cc1ccc2c(c1)CCO2)Cc1c(Cl)nc(-c2ccccc2)n1CCCC. The van der Waals surface area contributed by atoms with Crippen molar-refractivity contribution in [3.05, 3.63) is 70.5 Å². The zero-order valence-corrected chi connectivity index (χ0v) is 20.1. The molecule has 1 aliphatic heterocycles. The average Bonchev–Trinajstić information content (AvgIpc) is 3.40. The zero-order valence-electron chi connectivity index (χ0n) is 19.3. The number of nitrogens with zero attached hydrogens (tertiary/aromatic N) is 3. The Morgan fingerprint density at radius 1 is 1.03 bits per heavy atom. The second kappa shape index (κ2) is 11.0. The molecular formula is C27H34ClN3O. The summed E-state index contributed by atoms with van der Waals surface area (Å²) in [5.74, 6) is 2.02. The van der Waals surface area contributed by atoms with Gasteiger partial charge in [0.25, 0.3) is 0 Å². The van der Waals surface area contributed by atoms with Crippen LogP contribution >= 0.6 is 11.6 Å². The smallest absolute Gasteiger partial charge is 0.152 e.